The zero-order chi connectivity index (χ0) is 16.8. The number of aliphatic hydroxyl groups is 1. The SMILES string of the molecule is CCCN(CCO)C(=O)Nc1cc(C)n(-c2ccccc2Cl)n1. The van der Waals surface area contributed by atoms with Crippen molar-refractivity contribution in [3.05, 3.63) is 41.0 Å². The lowest BCUT2D eigenvalue weighted by Gasteiger charge is -2.20. The van der Waals surface area contributed by atoms with Crippen molar-refractivity contribution < 1.29 is 9.90 Å². The first kappa shape index (κ1) is 17.3. The first-order chi connectivity index (χ1) is 11.1. The van der Waals surface area contributed by atoms with Crippen LogP contribution in [0.2, 0.25) is 5.02 Å². The summed E-state index contributed by atoms with van der Waals surface area (Å²) in [6, 6.07) is 8.90. The topological polar surface area (TPSA) is 70.4 Å². The monoisotopic (exact) mass is 336 g/mol. The molecule has 0 aliphatic heterocycles. The molecule has 2 rings (SSSR count). The number of carbonyl (C=O) groups excluding carboxylic acids is 1. The van der Waals surface area contributed by atoms with E-state index in [9.17, 15) is 4.79 Å². The third kappa shape index (κ3) is 4.24. The Morgan fingerprint density at radius 1 is 1.39 bits per heavy atom. The van der Waals surface area contributed by atoms with Crippen molar-refractivity contribution in [2.75, 3.05) is 25.0 Å². The summed E-state index contributed by atoms with van der Waals surface area (Å²) in [5, 5.41) is 16.8. The fourth-order valence-corrected chi connectivity index (χ4v) is 2.51. The molecule has 0 spiro atoms. The van der Waals surface area contributed by atoms with E-state index < -0.39 is 0 Å². The van der Waals surface area contributed by atoms with E-state index in [1.807, 2.05) is 32.0 Å². The average Bonchev–Trinajstić information content (AvgIpc) is 2.88. The van der Waals surface area contributed by atoms with Crippen LogP contribution in [0.4, 0.5) is 10.6 Å². The van der Waals surface area contributed by atoms with Crippen LogP contribution in [0, 0.1) is 6.92 Å². The summed E-state index contributed by atoms with van der Waals surface area (Å²) in [5.41, 5.74) is 1.62. The van der Waals surface area contributed by atoms with Gasteiger partial charge in [0.05, 0.1) is 17.3 Å². The van der Waals surface area contributed by atoms with Crippen LogP contribution >= 0.6 is 11.6 Å². The predicted octanol–water partition coefficient (Wildman–Crippen LogP) is 3.07. The van der Waals surface area contributed by atoms with Crippen molar-refractivity contribution in [3.63, 3.8) is 0 Å². The number of para-hydroxylation sites is 1. The Morgan fingerprint density at radius 3 is 2.78 bits per heavy atom. The van der Waals surface area contributed by atoms with E-state index in [1.165, 1.54) is 0 Å². The lowest BCUT2D eigenvalue weighted by atomic mass is 10.3. The van der Waals surface area contributed by atoms with Crippen LogP contribution in [0.1, 0.15) is 19.0 Å². The van der Waals surface area contributed by atoms with E-state index in [1.54, 1.807) is 21.7 Å². The van der Waals surface area contributed by atoms with Gasteiger partial charge in [-0.15, -0.1) is 5.10 Å². The molecule has 23 heavy (non-hydrogen) atoms. The average molecular weight is 337 g/mol. The van der Waals surface area contributed by atoms with Gasteiger partial charge in [0.1, 0.15) is 0 Å². The Hall–Kier alpha value is -2.05. The van der Waals surface area contributed by atoms with Crippen LogP contribution in [0.25, 0.3) is 5.69 Å². The molecule has 124 valence electrons. The third-order valence-corrected chi connectivity index (χ3v) is 3.67. The number of hydrogen-bond donors (Lipinski definition) is 2. The summed E-state index contributed by atoms with van der Waals surface area (Å²) in [4.78, 5) is 13.8. The molecule has 0 saturated carbocycles. The number of aryl methyl sites for hydroxylation is 1. The highest BCUT2D eigenvalue weighted by Gasteiger charge is 2.15. The fourth-order valence-electron chi connectivity index (χ4n) is 2.30. The fraction of sp³-hybridized carbons (Fsp3) is 0.375. The van der Waals surface area contributed by atoms with Gasteiger partial charge in [-0.1, -0.05) is 30.7 Å². The van der Waals surface area contributed by atoms with Crippen LogP contribution < -0.4 is 5.32 Å². The maximum atomic E-state index is 12.2. The standard InChI is InChI=1S/C16H21ClN4O2/c1-3-8-20(9-10-22)16(23)18-15-11-12(2)21(19-15)14-7-5-4-6-13(14)17/h4-7,11,22H,3,8-10H2,1-2H3,(H,18,19,23). The van der Waals surface area contributed by atoms with E-state index >= 15 is 0 Å². The van der Waals surface area contributed by atoms with Crippen LogP contribution in [0.5, 0.6) is 0 Å². The van der Waals surface area contributed by atoms with E-state index in [0.717, 1.165) is 17.8 Å². The van der Waals surface area contributed by atoms with Gasteiger partial charge in [-0.2, -0.15) is 0 Å². The second kappa shape index (κ2) is 7.99. The first-order valence-corrected chi connectivity index (χ1v) is 7.93. The molecule has 7 heteroatoms. The molecular formula is C16H21ClN4O2. The number of halogens is 1. The van der Waals surface area contributed by atoms with Crippen molar-refractivity contribution in [2.24, 2.45) is 0 Å². The normalized spacial score (nSPS) is 10.6. The molecule has 0 atom stereocenters. The first-order valence-electron chi connectivity index (χ1n) is 7.55. The summed E-state index contributed by atoms with van der Waals surface area (Å²) >= 11 is 6.19. The van der Waals surface area contributed by atoms with E-state index in [4.69, 9.17) is 16.7 Å². The van der Waals surface area contributed by atoms with Crippen LogP contribution in [-0.4, -0.2) is 45.5 Å². The van der Waals surface area contributed by atoms with Crippen molar-refractivity contribution in [1.29, 1.82) is 0 Å². The lowest BCUT2D eigenvalue weighted by molar-refractivity contribution is 0.188. The second-order valence-electron chi connectivity index (χ2n) is 5.17. The van der Waals surface area contributed by atoms with Gasteiger partial charge in [-0.25, -0.2) is 9.48 Å². The molecule has 2 N–H and O–H groups in total. The van der Waals surface area contributed by atoms with Gasteiger partial charge in [0.15, 0.2) is 5.82 Å². The molecule has 0 radical (unpaired) electrons. The maximum Gasteiger partial charge on any atom is 0.323 e. The van der Waals surface area contributed by atoms with Crippen molar-refractivity contribution in [3.8, 4) is 5.69 Å². The molecule has 1 aromatic heterocycles. The number of anilines is 1. The van der Waals surface area contributed by atoms with Crippen molar-refractivity contribution >= 4 is 23.4 Å². The van der Waals surface area contributed by atoms with Gasteiger partial charge >= 0.3 is 6.03 Å². The Kier molecular flexibility index (Phi) is 6.01. The molecule has 1 heterocycles. The minimum Gasteiger partial charge on any atom is -0.395 e. The number of carbonyl (C=O) groups is 1. The smallest absolute Gasteiger partial charge is 0.323 e. The van der Waals surface area contributed by atoms with Gasteiger partial charge in [0, 0.05) is 24.8 Å². The molecule has 6 nitrogen and oxygen atoms in total. The van der Waals surface area contributed by atoms with Crippen LogP contribution in [0.3, 0.4) is 0 Å². The number of amides is 2. The van der Waals surface area contributed by atoms with E-state index in [0.29, 0.717) is 23.9 Å². The van der Waals surface area contributed by atoms with Crippen molar-refractivity contribution in [1.82, 2.24) is 14.7 Å². The van der Waals surface area contributed by atoms with E-state index in [-0.39, 0.29) is 12.6 Å². The summed E-state index contributed by atoms with van der Waals surface area (Å²) in [6.07, 6.45) is 0.820. The minimum atomic E-state index is -0.273. The van der Waals surface area contributed by atoms with Gasteiger partial charge in [-0.3, -0.25) is 5.32 Å². The Labute approximate surface area is 140 Å². The van der Waals surface area contributed by atoms with Gasteiger partial charge in [0.2, 0.25) is 0 Å². The molecule has 2 amide bonds. The number of hydrogen-bond acceptors (Lipinski definition) is 3. The van der Waals surface area contributed by atoms with Gasteiger partial charge in [0.25, 0.3) is 0 Å². The zero-order valence-corrected chi connectivity index (χ0v) is 14.0. The summed E-state index contributed by atoms with van der Waals surface area (Å²) < 4.78 is 1.69. The summed E-state index contributed by atoms with van der Waals surface area (Å²) in [6.45, 7) is 4.68. The van der Waals surface area contributed by atoms with E-state index in [2.05, 4.69) is 10.4 Å². The summed E-state index contributed by atoms with van der Waals surface area (Å²) in [5.74, 6) is 0.450. The molecule has 0 aliphatic carbocycles. The third-order valence-electron chi connectivity index (χ3n) is 3.35. The molecular weight excluding hydrogens is 316 g/mol. The predicted molar refractivity (Wildman–Crippen MR) is 91.3 cm³/mol. The number of aromatic nitrogens is 2. The Morgan fingerprint density at radius 2 is 2.13 bits per heavy atom. The highest BCUT2D eigenvalue weighted by atomic mass is 35.5. The second-order valence-corrected chi connectivity index (χ2v) is 5.58. The van der Waals surface area contributed by atoms with Crippen molar-refractivity contribution in [2.45, 2.75) is 20.3 Å². The van der Waals surface area contributed by atoms with Crippen LogP contribution in [-0.2, 0) is 0 Å². The molecule has 0 fully saturated rings. The van der Waals surface area contributed by atoms with Gasteiger partial charge in [-0.05, 0) is 25.5 Å². The highest BCUT2D eigenvalue weighted by Crippen LogP contribution is 2.22. The van der Waals surface area contributed by atoms with Gasteiger partial charge < -0.3 is 10.0 Å². The number of benzene rings is 1. The lowest BCUT2D eigenvalue weighted by Crippen LogP contribution is -2.37. The van der Waals surface area contributed by atoms with Crippen LogP contribution in [0.15, 0.2) is 30.3 Å². The molecule has 0 bridgehead atoms. The number of nitrogens with one attached hydrogen (secondary N) is 1. The number of urea groups is 1. The zero-order valence-electron chi connectivity index (χ0n) is 13.3. The summed E-state index contributed by atoms with van der Waals surface area (Å²) in [7, 11) is 0. The molecule has 0 aliphatic rings. The minimum absolute atomic E-state index is 0.0689. The Balaban J connectivity index is 2.18. The molecule has 0 unspecified atom stereocenters. The maximum absolute atomic E-state index is 12.2. The quantitative estimate of drug-likeness (QED) is 0.851. The molecule has 0 saturated heterocycles. The highest BCUT2D eigenvalue weighted by molar-refractivity contribution is 6.32. The largest absolute Gasteiger partial charge is 0.395 e. The number of rotatable bonds is 6. The molecule has 1 aromatic carbocycles. The number of nitrogens with zero attached hydrogens (tertiary/aromatic N) is 3. The molecule has 2 aromatic rings. The Bertz CT molecular complexity index is 666. The number of aliphatic hydroxyl groups excluding tert-OH is 1.